The van der Waals surface area contributed by atoms with Crippen molar-refractivity contribution in [1.29, 1.82) is 0 Å². The van der Waals surface area contributed by atoms with Gasteiger partial charge in [0.1, 0.15) is 12.6 Å². The van der Waals surface area contributed by atoms with Crippen LogP contribution in [0.4, 0.5) is 5.69 Å². The number of benzene rings is 3. The predicted molar refractivity (Wildman–Crippen MR) is 154 cm³/mol. The molecule has 0 heterocycles. The highest BCUT2D eigenvalue weighted by Gasteiger charge is 2.32. The molecule has 10 heteroatoms. The summed E-state index contributed by atoms with van der Waals surface area (Å²) in [5.74, 6) is -0.596. The van der Waals surface area contributed by atoms with Crippen LogP contribution in [0.2, 0.25) is 5.02 Å². The summed E-state index contributed by atoms with van der Waals surface area (Å²) in [6.07, 6.45) is 0. The molecule has 3 aromatic rings. The minimum absolute atomic E-state index is 0.0462. The van der Waals surface area contributed by atoms with Crippen molar-refractivity contribution in [3.63, 3.8) is 0 Å². The molecule has 0 fully saturated rings. The Morgan fingerprint density at radius 1 is 0.921 bits per heavy atom. The number of hydrogen-bond acceptors (Lipinski definition) is 4. The Labute approximate surface area is 238 Å². The maximum absolute atomic E-state index is 13.8. The van der Waals surface area contributed by atoms with E-state index < -0.39 is 28.5 Å². The van der Waals surface area contributed by atoms with Gasteiger partial charge in [-0.2, -0.15) is 0 Å². The van der Waals surface area contributed by atoms with Crippen molar-refractivity contribution in [2.45, 2.75) is 38.3 Å². The second-order valence-electron chi connectivity index (χ2n) is 9.26. The van der Waals surface area contributed by atoms with Gasteiger partial charge in [0.2, 0.25) is 11.8 Å². The van der Waals surface area contributed by atoms with E-state index in [9.17, 15) is 18.0 Å². The monoisotopic (exact) mass is 619 g/mol. The maximum atomic E-state index is 13.8. The summed E-state index contributed by atoms with van der Waals surface area (Å²) in [6.45, 7) is 5.69. The van der Waals surface area contributed by atoms with Crippen LogP contribution in [0.3, 0.4) is 0 Å². The molecule has 0 radical (unpaired) electrons. The van der Waals surface area contributed by atoms with Crippen LogP contribution in [0.25, 0.3) is 0 Å². The van der Waals surface area contributed by atoms with E-state index in [0.717, 1.165) is 14.3 Å². The summed E-state index contributed by atoms with van der Waals surface area (Å²) < 4.78 is 29.3. The summed E-state index contributed by atoms with van der Waals surface area (Å²) in [4.78, 5) is 28.3. The van der Waals surface area contributed by atoms with Gasteiger partial charge in [0, 0.05) is 22.6 Å². The van der Waals surface area contributed by atoms with Gasteiger partial charge in [-0.1, -0.05) is 71.7 Å². The van der Waals surface area contributed by atoms with Crippen LogP contribution in [-0.2, 0) is 26.2 Å². The molecule has 202 valence electrons. The van der Waals surface area contributed by atoms with Crippen molar-refractivity contribution in [3.05, 3.63) is 93.9 Å². The van der Waals surface area contributed by atoms with E-state index in [4.69, 9.17) is 11.6 Å². The lowest BCUT2D eigenvalue weighted by molar-refractivity contribution is -0.139. The molecule has 38 heavy (non-hydrogen) atoms. The molecule has 0 aliphatic rings. The standard InChI is InChI=1S/C28H31BrClN3O4S/c1-20(2)17-31-28(35)21(3)32(18-22-9-11-23(29)12-10-22)27(34)19-33(25-15-13-24(30)14-16-25)38(36,37)26-7-5-4-6-8-26/h4-16,20-21H,17-19H2,1-3H3,(H,31,35). The molecule has 0 aromatic heterocycles. The number of carbonyl (C=O) groups is 2. The second kappa shape index (κ2) is 13.3. The van der Waals surface area contributed by atoms with Crippen molar-refractivity contribution >= 4 is 55.1 Å². The van der Waals surface area contributed by atoms with E-state index in [-0.39, 0.29) is 29.0 Å². The van der Waals surface area contributed by atoms with Crippen molar-refractivity contribution < 1.29 is 18.0 Å². The highest BCUT2D eigenvalue weighted by atomic mass is 79.9. The lowest BCUT2D eigenvalue weighted by Gasteiger charge is -2.32. The SMILES string of the molecule is CC(C)CNC(=O)C(C)N(Cc1ccc(Br)cc1)C(=O)CN(c1ccc(Cl)cc1)S(=O)(=O)c1ccccc1. The van der Waals surface area contributed by atoms with Gasteiger partial charge in [-0.15, -0.1) is 0 Å². The topological polar surface area (TPSA) is 86.8 Å². The van der Waals surface area contributed by atoms with Crippen LogP contribution in [-0.4, -0.2) is 44.3 Å². The summed E-state index contributed by atoms with van der Waals surface area (Å²) in [6, 6.07) is 20.7. The molecule has 1 atom stereocenters. The van der Waals surface area contributed by atoms with Gasteiger partial charge in [0.25, 0.3) is 10.0 Å². The Morgan fingerprint density at radius 2 is 1.53 bits per heavy atom. The Bertz CT molecular complexity index is 1330. The summed E-state index contributed by atoms with van der Waals surface area (Å²) in [5.41, 5.74) is 1.08. The van der Waals surface area contributed by atoms with Gasteiger partial charge in [-0.25, -0.2) is 8.42 Å². The van der Waals surface area contributed by atoms with E-state index in [2.05, 4.69) is 21.2 Å². The Hall–Kier alpha value is -2.88. The highest BCUT2D eigenvalue weighted by molar-refractivity contribution is 9.10. The number of nitrogens with zero attached hydrogens (tertiary/aromatic N) is 2. The smallest absolute Gasteiger partial charge is 0.264 e. The third-order valence-electron chi connectivity index (χ3n) is 5.84. The fourth-order valence-electron chi connectivity index (χ4n) is 3.68. The average Bonchev–Trinajstić information content (AvgIpc) is 2.90. The molecular formula is C28H31BrClN3O4S. The third kappa shape index (κ3) is 7.82. The molecule has 0 bridgehead atoms. The number of amides is 2. The third-order valence-corrected chi connectivity index (χ3v) is 8.41. The van der Waals surface area contributed by atoms with Crippen LogP contribution in [0.1, 0.15) is 26.3 Å². The zero-order valence-corrected chi connectivity index (χ0v) is 24.6. The molecule has 1 N–H and O–H groups in total. The van der Waals surface area contributed by atoms with Gasteiger partial charge in [-0.3, -0.25) is 13.9 Å². The first-order valence-corrected chi connectivity index (χ1v) is 14.7. The quantitative estimate of drug-likeness (QED) is 0.307. The minimum Gasteiger partial charge on any atom is -0.354 e. The van der Waals surface area contributed by atoms with Gasteiger partial charge in [0.15, 0.2) is 0 Å². The highest BCUT2D eigenvalue weighted by Crippen LogP contribution is 2.26. The number of rotatable bonds is 11. The first kappa shape index (κ1) is 29.7. The van der Waals surface area contributed by atoms with Gasteiger partial charge in [-0.05, 0) is 66.9 Å². The zero-order valence-electron chi connectivity index (χ0n) is 21.5. The Kier molecular flexibility index (Phi) is 10.4. The Morgan fingerprint density at radius 3 is 2.11 bits per heavy atom. The van der Waals surface area contributed by atoms with Crippen molar-refractivity contribution in [2.24, 2.45) is 5.92 Å². The molecule has 3 rings (SSSR count). The zero-order chi connectivity index (χ0) is 27.9. The molecule has 2 amide bonds. The fraction of sp³-hybridized carbons (Fsp3) is 0.286. The lowest BCUT2D eigenvalue weighted by atomic mass is 10.1. The van der Waals surface area contributed by atoms with Crippen LogP contribution in [0, 0.1) is 5.92 Å². The largest absolute Gasteiger partial charge is 0.354 e. The molecule has 3 aromatic carbocycles. The van der Waals surface area contributed by atoms with Crippen LogP contribution in [0.5, 0.6) is 0 Å². The molecule has 0 spiro atoms. The first-order chi connectivity index (χ1) is 18.0. The van der Waals surface area contributed by atoms with E-state index in [1.807, 2.05) is 38.1 Å². The van der Waals surface area contributed by atoms with E-state index in [0.29, 0.717) is 11.6 Å². The number of hydrogen-bond donors (Lipinski definition) is 1. The van der Waals surface area contributed by atoms with Crippen molar-refractivity contribution in [1.82, 2.24) is 10.2 Å². The summed E-state index contributed by atoms with van der Waals surface area (Å²) >= 11 is 9.45. The molecule has 7 nitrogen and oxygen atoms in total. The number of anilines is 1. The molecule has 0 aliphatic heterocycles. The number of sulfonamides is 1. The van der Waals surface area contributed by atoms with Gasteiger partial charge in [0.05, 0.1) is 10.6 Å². The maximum Gasteiger partial charge on any atom is 0.264 e. The summed E-state index contributed by atoms with van der Waals surface area (Å²) in [5, 5.41) is 3.31. The van der Waals surface area contributed by atoms with Crippen LogP contribution < -0.4 is 9.62 Å². The van der Waals surface area contributed by atoms with Crippen molar-refractivity contribution in [3.8, 4) is 0 Å². The number of halogens is 2. The van der Waals surface area contributed by atoms with Gasteiger partial charge >= 0.3 is 0 Å². The average molecular weight is 621 g/mol. The molecule has 0 saturated carbocycles. The lowest BCUT2D eigenvalue weighted by Crippen LogP contribution is -2.51. The van der Waals surface area contributed by atoms with E-state index >= 15 is 0 Å². The Balaban J connectivity index is 1.98. The first-order valence-electron chi connectivity index (χ1n) is 12.1. The second-order valence-corrected chi connectivity index (χ2v) is 12.5. The number of carbonyl (C=O) groups excluding carboxylic acids is 2. The van der Waals surface area contributed by atoms with E-state index in [1.54, 1.807) is 49.4 Å². The van der Waals surface area contributed by atoms with Crippen LogP contribution >= 0.6 is 27.5 Å². The van der Waals surface area contributed by atoms with E-state index in [1.165, 1.54) is 17.0 Å². The van der Waals surface area contributed by atoms with Gasteiger partial charge < -0.3 is 10.2 Å². The van der Waals surface area contributed by atoms with Crippen LogP contribution in [0.15, 0.2) is 88.2 Å². The van der Waals surface area contributed by atoms with Crippen molar-refractivity contribution in [2.75, 3.05) is 17.4 Å². The molecular weight excluding hydrogens is 590 g/mol. The normalized spacial score (nSPS) is 12.2. The fourth-order valence-corrected chi connectivity index (χ4v) is 5.50. The molecule has 0 aliphatic carbocycles. The predicted octanol–water partition coefficient (Wildman–Crippen LogP) is 5.49. The molecule has 1 unspecified atom stereocenters. The summed E-state index contributed by atoms with van der Waals surface area (Å²) in [7, 11) is -4.11. The minimum atomic E-state index is -4.11. The molecule has 0 saturated heterocycles. The number of nitrogens with one attached hydrogen (secondary N) is 1.